The second-order valence-electron chi connectivity index (χ2n) is 6.64. The van der Waals surface area contributed by atoms with Crippen molar-refractivity contribution in [1.82, 2.24) is 0 Å². The van der Waals surface area contributed by atoms with Gasteiger partial charge in [-0.1, -0.05) is 96.1 Å². The first-order valence-electron chi connectivity index (χ1n) is 9.59. The van der Waals surface area contributed by atoms with Crippen molar-refractivity contribution < 1.29 is 5.11 Å². The van der Waals surface area contributed by atoms with E-state index in [0.717, 1.165) is 6.42 Å². The summed E-state index contributed by atoms with van der Waals surface area (Å²) in [4.78, 5) is 0. The monoisotopic (exact) mass is 303 g/mol. The molecule has 125 valence electrons. The molecule has 0 aliphatic heterocycles. The van der Waals surface area contributed by atoms with Crippen LogP contribution in [0.15, 0.2) is 24.3 Å². The molecule has 1 nitrogen and oxygen atoms in total. The van der Waals surface area contributed by atoms with E-state index >= 15 is 0 Å². The molecule has 0 heterocycles. The largest absolute Gasteiger partial charge is 0.290 e. The van der Waals surface area contributed by atoms with Crippen molar-refractivity contribution in [3.8, 4) is 5.75 Å². The standard InChI is InChI=1S/C21H35O/c1-2-3-4-5-6-7-8-9-10-11-12-13-14-16-20-17-15-18-21(22)19-20/h15,17-19H,2-14,16H2,1H3. The highest BCUT2D eigenvalue weighted by molar-refractivity contribution is 5.26. The van der Waals surface area contributed by atoms with E-state index in [1.54, 1.807) is 12.1 Å². The van der Waals surface area contributed by atoms with E-state index in [9.17, 15) is 5.11 Å². The molecule has 1 radical (unpaired) electrons. The first-order chi connectivity index (χ1) is 10.8. The summed E-state index contributed by atoms with van der Waals surface area (Å²) < 4.78 is 0. The Kier molecular flexibility index (Phi) is 11.8. The van der Waals surface area contributed by atoms with Gasteiger partial charge in [0.15, 0.2) is 5.75 Å². The van der Waals surface area contributed by atoms with Crippen molar-refractivity contribution in [2.45, 2.75) is 96.8 Å². The van der Waals surface area contributed by atoms with Crippen molar-refractivity contribution >= 4 is 0 Å². The zero-order valence-corrected chi connectivity index (χ0v) is 14.6. The Labute approximate surface area is 138 Å². The number of aryl methyl sites for hydroxylation is 1. The summed E-state index contributed by atoms with van der Waals surface area (Å²) in [5, 5.41) is 11.2. The molecule has 0 saturated heterocycles. The Morgan fingerprint density at radius 3 is 1.68 bits per heavy atom. The van der Waals surface area contributed by atoms with Gasteiger partial charge in [-0.25, -0.2) is 0 Å². The van der Waals surface area contributed by atoms with E-state index < -0.39 is 0 Å². The summed E-state index contributed by atoms with van der Waals surface area (Å²) in [6.07, 6.45) is 19.1. The fourth-order valence-corrected chi connectivity index (χ4v) is 3.05. The van der Waals surface area contributed by atoms with Crippen LogP contribution in [-0.2, 0) is 11.5 Å². The maximum Gasteiger partial charge on any atom is 0.178 e. The number of hydrogen-bond donors (Lipinski definition) is 0. The van der Waals surface area contributed by atoms with E-state index in [4.69, 9.17) is 0 Å². The van der Waals surface area contributed by atoms with Gasteiger partial charge in [0.1, 0.15) is 0 Å². The smallest absolute Gasteiger partial charge is 0.178 e. The zero-order valence-electron chi connectivity index (χ0n) is 14.6. The van der Waals surface area contributed by atoms with Crippen molar-refractivity contribution in [2.75, 3.05) is 0 Å². The topological polar surface area (TPSA) is 19.9 Å². The van der Waals surface area contributed by atoms with Gasteiger partial charge >= 0.3 is 0 Å². The van der Waals surface area contributed by atoms with Gasteiger partial charge in [-0.3, -0.25) is 5.11 Å². The molecule has 0 aliphatic rings. The average molecular weight is 304 g/mol. The minimum absolute atomic E-state index is 0.146. The molecule has 1 heteroatoms. The Morgan fingerprint density at radius 2 is 1.18 bits per heavy atom. The van der Waals surface area contributed by atoms with Gasteiger partial charge in [0.05, 0.1) is 0 Å². The molecule has 0 aromatic heterocycles. The van der Waals surface area contributed by atoms with Gasteiger partial charge in [0.25, 0.3) is 0 Å². The number of hydrogen-bond acceptors (Lipinski definition) is 0. The molecular formula is C21H35O. The Hall–Kier alpha value is -0.980. The Bertz CT molecular complexity index is 359. The Balaban J connectivity index is 1.80. The average Bonchev–Trinajstić information content (AvgIpc) is 2.52. The summed E-state index contributed by atoms with van der Waals surface area (Å²) in [6.45, 7) is 2.28. The highest BCUT2D eigenvalue weighted by atomic mass is 16.3. The lowest BCUT2D eigenvalue weighted by Gasteiger charge is -2.03. The van der Waals surface area contributed by atoms with Crippen LogP contribution in [0.4, 0.5) is 0 Å². The van der Waals surface area contributed by atoms with Crippen LogP contribution in [0.25, 0.3) is 0 Å². The molecule has 0 amide bonds. The van der Waals surface area contributed by atoms with E-state index in [-0.39, 0.29) is 5.75 Å². The second-order valence-corrected chi connectivity index (χ2v) is 6.64. The van der Waals surface area contributed by atoms with Crippen LogP contribution in [0.2, 0.25) is 0 Å². The number of benzene rings is 1. The molecule has 0 atom stereocenters. The van der Waals surface area contributed by atoms with E-state index in [1.165, 1.54) is 89.0 Å². The van der Waals surface area contributed by atoms with Crippen LogP contribution in [0.5, 0.6) is 5.75 Å². The molecule has 1 rings (SSSR count). The van der Waals surface area contributed by atoms with E-state index in [2.05, 4.69) is 13.0 Å². The summed E-state index contributed by atoms with van der Waals surface area (Å²) in [5.74, 6) is 0.146. The first kappa shape index (κ1) is 19.1. The molecule has 1 aromatic carbocycles. The summed E-state index contributed by atoms with van der Waals surface area (Å²) in [6, 6.07) is 7.36. The molecular weight excluding hydrogens is 268 g/mol. The Morgan fingerprint density at radius 1 is 0.682 bits per heavy atom. The number of rotatable bonds is 14. The van der Waals surface area contributed by atoms with Crippen LogP contribution in [0.3, 0.4) is 0 Å². The lowest BCUT2D eigenvalue weighted by molar-refractivity contribution is 0.354. The predicted octanol–water partition coefficient (Wildman–Crippen LogP) is 7.46. The van der Waals surface area contributed by atoms with Crippen LogP contribution in [0, 0.1) is 0 Å². The zero-order chi connectivity index (χ0) is 15.9. The molecule has 0 unspecified atom stereocenters. The minimum atomic E-state index is 0.146. The molecule has 0 bridgehead atoms. The van der Waals surface area contributed by atoms with Gasteiger partial charge in [-0.05, 0) is 30.5 Å². The normalized spacial score (nSPS) is 11.0. The SMILES string of the molecule is CCCCCCCCCCCCCCCc1cccc([O])c1. The molecule has 0 fully saturated rings. The maximum atomic E-state index is 11.2. The van der Waals surface area contributed by atoms with Crippen LogP contribution < -0.4 is 0 Å². The third kappa shape index (κ3) is 10.7. The molecule has 0 saturated carbocycles. The molecule has 0 spiro atoms. The van der Waals surface area contributed by atoms with Gasteiger partial charge in [0, 0.05) is 0 Å². The summed E-state index contributed by atoms with van der Waals surface area (Å²) in [5.41, 5.74) is 1.20. The van der Waals surface area contributed by atoms with Crippen molar-refractivity contribution in [2.24, 2.45) is 0 Å². The van der Waals surface area contributed by atoms with Gasteiger partial charge in [-0.2, -0.15) is 0 Å². The third-order valence-corrected chi connectivity index (χ3v) is 4.47. The van der Waals surface area contributed by atoms with Crippen molar-refractivity contribution in [3.63, 3.8) is 0 Å². The van der Waals surface area contributed by atoms with Crippen LogP contribution in [0.1, 0.15) is 96.0 Å². The highest BCUT2D eigenvalue weighted by Crippen LogP contribution is 2.16. The summed E-state index contributed by atoms with van der Waals surface area (Å²) in [7, 11) is 0. The van der Waals surface area contributed by atoms with Gasteiger partial charge < -0.3 is 0 Å². The quantitative estimate of drug-likeness (QED) is 0.318. The minimum Gasteiger partial charge on any atom is -0.290 e. The third-order valence-electron chi connectivity index (χ3n) is 4.47. The van der Waals surface area contributed by atoms with E-state index in [1.807, 2.05) is 6.07 Å². The molecule has 0 aliphatic carbocycles. The lowest BCUT2D eigenvalue weighted by Crippen LogP contribution is -1.86. The first-order valence-corrected chi connectivity index (χ1v) is 9.59. The highest BCUT2D eigenvalue weighted by Gasteiger charge is 1.97. The summed E-state index contributed by atoms with van der Waals surface area (Å²) >= 11 is 0. The predicted molar refractivity (Wildman–Crippen MR) is 96.0 cm³/mol. The molecule has 1 aromatic rings. The van der Waals surface area contributed by atoms with Crippen LogP contribution >= 0.6 is 0 Å². The lowest BCUT2D eigenvalue weighted by atomic mass is 10.0. The fraction of sp³-hybridized carbons (Fsp3) is 0.714. The van der Waals surface area contributed by atoms with E-state index in [0.29, 0.717) is 0 Å². The molecule has 0 N–H and O–H groups in total. The molecule has 22 heavy (non-hydrogen) atoms. The van der Waals surface area contributed by atoms with Crippen LogP contribution in [-0.4, -0.2) is 0 Å². The van der Waals surface area contributed by atoms with Gasteiger partial charge in [-0.15, -0.1) is 0 Å². The second kappa shape index (κ2) is 13.7. The fourth-order valence-electron chi connectivity index (χ4n) is 3.05. The van der Waals surface area contributed by atoms with Gasteiger partial charge in [0.2, 0.25) is 0 Å². The van der Waals surface area contributed by atoms with Crippen molar-refractivity contribution in [3.05, 3.63) is 29.8 Å². The van der Waals surface area contributed by atoms with Crippen molar-refractivity contribution in [1.29, 1.82) is 0 Å². The maximum absolute atomic E-state index is 11.2. The number of unbranched alkanes of at least 4 members (excludes halogenated alkanes) is 12.